The molecule has 0 bridgehead atoms. The first-order chi connectivity index (χ1) is 9.60. The van der Waals surface area contributed by atoms with E-state index in [2.05, 4.69) is 10.6 Å². The number of urea groups is 1. The number of hydrogen-bond acceptors (Lipinski definition) is 3. The number of carbonyl (C=O) groups excluding carboxylic acids is 2. The average Bonchev–Trinajstić information content (AvgIpc) is 2.68. The molecule has 0 aromatic rings. The highest BCUT2D eigenvalue weighted by Gasteiger charge is 2.36. The Hall–Kier alpha value is -1.79. The van der Waals surface area contributed by atoms with Gasteiger partial charge >= 0.3 is 12.0 Å². The molecule has 7 nitrogen and oxygen atoms in total. The standard InChI is InChI=1S/C14H25N3O4/c1-9-7-17(8-10(9)12(19)20)13(21)15-6-5-11(18)16-14(2,3)4/h9-10H,5-8H2,1-4H3,(H,15,21)(H,16,18)(H,19,20)/t9-,10-/m1/s1. The Balaban J connectivity index is 2.32. The molecule has 3 N–H and O–H groups in total. The Morgan fingerprint density at radius 2 is 1.86 bits per heavy atom. The van der Waals surface area contributed by atoms with E-state index in [4.69, 9.17) is 5.11 Å². The second kappa shape index (κ2) is 6.78. The molecule has 3 amide bonds. The fourth-order valence-electron chi connectivity index (χ4n) is 2.33. The van der Waals surface area contributed by atoms with Gasteiger partial charge in [-0.25, -0.2) is 4.79 Å². The number of nitrogens with one attached hydrogen (secondary N) is 2. The monoisotopic (exact) mass is 299 g/mol. The van der Waals surface area contributed by atoms with Crippen LogP contribution in [0.4, 0.5) is 4.79 Å². The maximum absolute atomic E-state index is 11.9. The zero-order valence-corrected chi connectivity index (χ0v) is 13.1. The van der Waals surface area contributed by atoms with Gasteiger partial charge in [0.15, 0.2) is 0 Å². The molecule has 21 heavy (non-hydrogen) atoms. The summed E-state index contributed by atoms with van der Waals surface area (Å²) in [6, 6.07) is -0.311. The van der Waals surface area contributed by atoms with Gasteiger partial charge in [-0.15, -0.1) is 0 Å². The summed E-state index contributed by atoms with van der Waals surface area (Å²) in [5, 5.41) is 14.5. The van der Waals surface area contributed by atoms with E-state index in [-0.39, 0.29) is 42.9 Å². The first kappa shape index (κ1) is 17.3. The number of carbonyl (C=O) groups is 3. The molecule has 1 aliphatic rings. The second-order valence-corrected chi connectivity index (χ2v) is 6.61. The smallest absolute Gasteiger partial charge is 0.317 e. The second-order valence-electron chi connectivity index (χ2n) is 6.61. The first-order valence-corrected chi connectivity index (χ1v) is 7.17. The van der Waals surface area contributed by atoms with Crippen LogP contribution in [0.15, 0.2) is 0 Å². The summed E-state index contributed by atoms with van der Waals surface area (Å²) in [6.45, 7) is 8.38. The van der Waals surface area contributed by atoms with E-state index in [0.717, 1.165) is 0 Å². The fraction of sp³-hybridized carbons (Fsp3) is 0.786. The van der Waals surface area contributed by atoms with Gasteiger partial charge in [-0.2, -0.15) is 0 Å². The fourth-order valence-corrected chi connectivity index (χ4v) is 2.33. The number of carboxylic acids is 1. The van der Waals surface area contributed by atoms with Crippen LogP contribution in [-0.4, -0.2) is 53.1 Å². The van der Waals surface area contributed by atoms with E-state index in [1.54, 1.807) is 0 Å². The van der Waals surface area contributed by atoms with Crippen LogP contribution in [0.3, 0.4) is 0 Å². The zero-order valence-electron chi connectivity index (χ0n) is 13.1. The van der Waals surface area contributed by atoms with E-state index in [9.17, 15) is 14.4 Å². The molecular weight excluding hydrogens is 274 g/mol. The molecule has 0 spiro atoms. The molecule has 0 radical (unpaired) electrons. The third kappa shape index (κ3) is 5.61. The molecule has 1 aliphatic heterocycles. The number of hydrogen-bond donors (Lipinski definition) is 3. The third-order valence-corrected chi connectivity index (χ3v) is 3.36. The van der Waals surface area contributed by atoms with Crippen molar-refractivity contribution in [2.45, 2.75) is 39.7 Å². The molecule has 1 fully saturated rings. The highest BCUT2D eigenvalue weighted by molar-refractivity contribution is 5.79. The summed E-state index contributed by atoms with van der Waals surface area (Å²) in [5.41, 5.74) is -0.291. The van der Waals surface area contributed by atoms with Crippen molar-refractivity contribution in [2.24, 2.45) is 11.8 Å². The van der Waals surface area contributed by atoms with Gasteiger partial charge in [-0.05, 0) is 26.7 Å². The van der Waals surface area contributed by atoms with Gasteiger partial charge in [0, 0.05) is 31.6 Å². The number of amides is 3. The highest BCUT2D eigenvalue weighted by atomic mass is 16.4. The topological polar surface area (TPSA) is 98.7 Å². The minimum Gasteiger partial charge on any atom is -0.481 e. The molecule has 7 heteroatoms. The van der Waals surface area contributed by atoms with Gasteiger partial charge in [0.2, 0.25) is 5.91 Å². The van der Waals surface area contributed by atoms with Gasteiger partial charge in [0.05, 0.1) is 5.92 Å². The minimum atomic E-state index is -0.873. The van der Waals surface area contributed by atoms with Gasteiger partial charge in [-0.3, -0.25) is 9.59 Å². The molecule has 0 aromatic carbocycles. The first-order valence-electron chi connectivity index (χ1n) is 7.17. The summed E-state index contributed by atoms with van der Waals surface area (Å²) in [4.78, 5) is 36.0. The van der Waals surface area contributed by atoms with Crippen molar-refractivity contribution < 1.29 is 19.5 Å². The van der Waals surface area contributed by atoms with E-state index >= 15 is 0 Å². The molecule has 0 saturated carbocycles. The van der Waals surface area contributed by atoms with Crippen molar-refractivity contribution in [3.63, 3.8) is 0 Å². The minimum absolute atomic E-state index is 0.0579. The van der Waals surface area contributed by atoms with Gasteiger partial charge in [0.25, 0.3) is 0 Å². The number of nitrogens with zero attached hydrogens (tertiary/aromatic N) is 1. The summed E-state index contributed by atoms with van der Waals surface area (Å²) in [7, 11) is 0. The molecule has 2 atom stereocenters. The number of rotatable bonds is 4. The molecule has 120 valence electrons. The maximum atomic E-state index is 11.9. The normalized spacial score (nSPS) is 22.0. The lowest BCUT2D eigenvalue weighted by molar-refractivity contribution is -0.142. The summed E-state index contributed by atoms with van der Waals surface area (Å²) in [5.74, 6) is -1.57. The lowest BCUT2D eigenvalue weighted by Crippen LogP contribution is -2.43. The maximum Gasteiger partial charge on any atom is 0.317 e. The summed E-state index contributed by atoms with van der Waals surface area (Å²) < 4.78 is 0. The highest BCUT2D eigenvalue weighted by Crippen LogP contribution is 2.22. The molecule has 0 aliphatic carbocycles. The van der Waals surface area contributed by atoms with Crippen molar-refractivity contribution in [3.05, 3.63) is 0 Å². The van der Waals surface area contributed by atoms with Crippen molar-refractivity contribution >= 4 is 17.9 Å². The predicted octanol–water partition coefficient (Wildman–Crippen LogP) is 0.653. The third-order valence-electron chi connectivity index (χ3n) is 3.36. The molecular formula is C14H25N3O4. The largest absolute Gasteiger partial charge is 0.481 e. The Kier molecular flexibility index (Phi) is 5.57. The molecule has 1 rings (SSSR count). The van der Waals surface area contributed by atoms with E-state index in [0.29, 0.717) is 6.54 Å². The molecule has 1 saturated heterocycles. The van der Waals surface area contributed by atoms with Crippen LogP contribution in [-0.2, 0) is 9.59 Å². The number of aliphatic carboxylic acids is 1. The molecule has 0 unspecified atom stereocenters. The van der Waals surface area contributed by atoms with Crippen LogP contribution in [0.2, 0.25) is 0 Å². The van der Waals surface area contributed by atoms with Gasteiger partial charge in [-0.1, -0.05) is 6.92 Å². The van der Waals surface area contributed by atoms with Crippen LogP contribution in [0.5, 0.6) is 0 Å². The van der Waals surface area contributed by atoms with Crippen LogP contribution in [0.1, 0.15) is 34.1 Å². The predicted molar refractivity (Wildman–Crippen MR) is 77.8 cm³/mol. The van der Waals surface area contributed by atoms with Crippen molar-refractivity contribution in [1.29, 1.82) is 0 Å². The van der Waals surface area contributed by atoms with Crippen LogP contribution >= 0.6 is 0 Å². The number of likely N-dealkylation sites (tertiary alicyclic amines) is 1. The summed E-state index contributed by atoms with van der Waals surface area (Å²) >= 11 is 0. The molecule has 1 heterocycles. The van der Waals surface area contributed by atoms with E-state index in [1.165, 1.54) is 4.90 Å². The lowest BCUT2D eigenvalue weighted by Gasteiger charge is -2.21. The van der Waals surface area contributed by atoms with Gasteiger partial charge in [0.1, 0.15) is 0 Å². The van der Waals surface area contributed by atoms with Crippen molar-refractivity contribution in [2.75, 3.05) is 19.6 Å². The van der Waals surface area contributed by atoms with E-state index < -0.39 is 11.9 Å². The SMILES string of the molecule is C[C@@H]1CN(C(=O)NCCC(=O)NC(C)(C)C)C[C@H]1C(=O)O. The van der Waals surface area contributed by atoms with Crippen molar-refractivity contribution in [3.8, 4) is 0 Å². The Bertz CT molecular complexity index is 417. The molecule has 0 aromatic heterocycles. The Morgan fingerprint density at radius 1 is 1.24 bits per heavy atom. The van der Waals surface area contributed by atoms with Crippen LogP contribution in [0, 0.1) is 11.8 Å². The van der Waals surface area contributed by atoms with Gasteiger partial charge < -0.3 is 20.6 Å². The average molecular weight is 299 g/mol. The summed E-state index contributed by atoms with van der Waals surface area (Å²) in [6.07, 6.45) is 0.203. The van der Waals surface area contributed by atoms with E-state index in [1.807, 2.05) is 27.7 Å². The lowest BCUT2D eigenvalue weighted by atomic mass is 9.99. The quantitative estimate of drug-likeness (QED) is 0.710. The Morgan fingerprint density at radius 3 is 2.33 bits per heavy atom. The number of carboxylic acid groups (broad SMARTS) is 1. The van der Waals surface area contributed by atoms with Crippen LogP contribution in [0.25, 0.3) is 0 Å². The van der Waals surface area contributed by atoms with Crippen molar-refractivity contribution in [1.82, 2.24) is 15.5 Å². The van der Waals surface area contributed by atoms with Crippen LogP contribution < -0.4 is 10.6 Å². The zero-order chi connectivity index (χ0) is 16.2. The Labute approximate surface area is 125 Å².